The number of rotatable bonds is 4. The molecule has 1 saturated heterocycles. The summed E-state index contributed by atoms with van der Waals surface area (Å²) < 4.78 is 27.5. The molecule has 1 atom stereocenters. The van der Waals surface area contributed by atoms with Crippen molar-refractivity contribution in [2.75, 3.05) is 24.7 Å². The standard InChI is InChI=1S/C9H17NO3S2/c1-2-4-13-9(14)10-6-8-3-5-15(11,12)7-8/h8H,2-7H2,1H3,(H,10,14)/t8-/m0/s1. The van der Waals surface area contributed by atoms with Crippen LogP contribution < -0.4 is 5.32 Å². The van der Waals surface area contributed by atoms with E-state index in [0.29, 0.717) is 24.1 Å². The third-order valence-corrected chi connectivity index (χ3v) is 4.40. The van der Waals surface area contributed by atoms with Gasteiger partial charge in [0.2, 0.25) is 0 Å². The van der Waals surface area contributed by atoms with Crippen molar-refractivity contribution in [3.8, 4) is 0 Å². The van der Waals surface area contributed by atoms with Crippen molar-refractivity contribution in [2.45, 2.75) is 19.8 Å². The number of hydrogen-bond acceptors (Lipinski definition) is 4. The highest BCUT2D eigenvalue weighted by Crippen LogP contribution is 2.17. The number of ether oxygens (including phenoxy) is 1. The lowest BCUT2D eigenvalue weighted by Gasteiger charge is -2.11. The van der Waals surface area contributed by atoms with Crippen molar-refractivity contribution in [2.24, 2.45) is 5.92 Å². The number of hydrogen-bond donors (Lipinski definition) is 1. The van der Waals surface area contributed by atoms with Gasteiger partial charge in [-0.2, -0.15) is 0 Å². The van der Waals surface area contributed by atoms with E-state index in [2.05, 4.69) is 5.32 Å². The summed E-state index contributed by atoms with van der Waals surface area (Å²) in [6.45, 7) is 3.21. The lowest BCUT2D eigenvalue weighted by molar-refractivity contribution is 0.296. The van der Waals surface area contributed by atoms with E-state index in [-0.39, 0.29) is 11.7 Å². The molecule has 88 valence electrons. The molecule has 0 amide bonds. The van der Waals surface area contributed by atoms with Crippen LogP contribution in [0.3, 0.4) is 0 Å². The smallest absolute Gasteiger partial charge is 0.256 e. The minimum absolute atomic E-state index is 0.179. The molecule has 15 heavy (non-hydrogen) atoms. The van der Waals surface area contributed by atoms with Gasteiger partial charge < -0.3 is 10.1 Å². The summed E-state index contributed by atoms with van der Waals surface area (Å²) in [4.78, 5) is 0. The fourth-order valence-electron chi connectivity index (χ4n) is 1.51. The van der Waals surface area contributed by atoms with E-state index in [9.17, 15) is 8.42 Å². The Balaban J connectivity index is 2.18. The lowest BCUT2D eigenvalue weighted by Crippen LogP contribution is -2.30. The van der Waals surface area contributed by atoms with Crippen LogP contribution in [-0.4, -0.2) is 38.2 Å². The zero-order valence-electron chi connectivity index (χ0n) is 8.86. The molecule has 4 nitrogen and oxygen atoms in total. The van der Waals surface area contributed by atoms with Crippen LogP contribution in [0.5, 0.6) is 0 Å². The molecule has 1 rings (SSSR count). The van der Waals surface area contributed by atoms with E-state index in [1.165, 1.54) is 0 Å². The van der Waals surface area contributed by atoms with E-state index >= 15 is 0 Å². The van der Waals surface area contributed by atoms with Gasteiger partial charge in [0.1, 0.15) is 0 Å². The van der Waals surface area contributed by atoms with E-state index in [1.54, 1.807) is 0 Å². The summed E-state index contributed by atoms with van der Waals surface area (Å²) >= 11 is 4.93. The fraction of sp³-hybridized carbons (Fsp3) is 0.889. The van der Waals surface area contributed by atoms with Gasteiger partial charge >= 0.3 is 0 Å². The Bertz CT molecular complexity index is 313. The summed E-state index contributed by atoms with van der Waals surface area (Å²) in [5.74, 6) is 0.761. The highest BCUT2D eigenvalue weighted by Gasteiger charge is 2.27. The molecular weight excluding hydrogens is 234 g/mol. The van der Waals surface area contributed by atoms with Crippen molar-refractivity contribution < 1.29 is 13.2 Å². The second-order valence-corrected chi connectivity index (χ2v) is 6.39. The highest BCUT2D eigenvalue weighted by molar-refractivity contribution is 7.91. The molecule has 1 aliphatic heterocycles. The maximum Gasteiger partial charge on any atom is 0.256 e. The summed E-state index contributed by atoms with van der Waals surface area (Å²) in [5.41, 5.74) is 0. The van der Waals surface area contributed by atoms with E-state index in [4.69, 9.17) is 17.0 Å². The first kappa shape index (κ1) is 12.7. The highest BCUT2D eigenvalue weighted by atomic mass is 32.2. The normalized spacial score (nSPS) is 23.7. The van der Waals surface area contributed by atoms with Crippen LogP contribution in [0.2, 0.25) is 0 Å². The summed E-state index contributed by atoms with van der Waals surface area (Å²) in [6, 6.07) is 0. The van der Waals surface area contributed by atoms with Crippen molar-refractivity contribution in [3.05, 3.63) is 0 Å². The lowest BCUT2D eigenvalue weighted by atomic mass is 10.1. The first-order chi connectivity index (χ1) is 7.03. The molecule has 0 spiro atoms. The van der Waals surface area contributed by atoms with Crippen LogP contribution in [0.25, 0.3) is 0 Å². The molecule has 0 aromatic carbocycles. The SMILES string of the molecule is CCCOC(=S)NC[C@@H]1CCS(=O)(=O)C1. The Labute approximate surface area is 96.3 Å². The molecule has 0 aromatic heterocycles. The van der Waals surface area contributed by atoms with Crippen LogP contribution in [0.1, 0.15) is 19.8 Å². The van der Waals surface area contributed by atoms with Gasteiger partial charge in [-0.1, -0.05) is 6.92 Å². The Hall–Kier alpha value is -0.360. The van der Waals surface area contributed by atoms with Gasteiger partial charge in [0, 0.05) is 6.54 Å². The van der Waals surface area contributed by atoms with Gasteiger partial charge in [-0.3, -0.25) is 0 Å². The average Bonchev–Trinajstić information content (AvgIpc) is 2.52. The molecule has 6 heteroatoms. The molecule has 1 N–H and O–H groups in total. The molecule has 0 aromatic rings. The summed E-state index contributed by atoms with van der Waals surface area (Å²) in [5, 5.41) is 3.32. The second-order valence-electron chi connectivity index (χ2n) is 3.79. The molecule has 1 fully saturated rings. The minimum Gasteiger partial charge on any atom is -0.471 e. The van der Waals surface area contributed by atoms with E-state index in [1.807, 2.05) is 6.92 Å². The van der Waals surface area contributed by atoms with Gasteiger partial charge in [-0.05, 0) is 31.0 Å². The monoisotopic (exact) mass is 251 g/mol. The van der Waals surface area contributed by atoms with E-state index < -0.39 is 9.84 Å². The van der Waals surface area contributed by atoms with Gasteiger partial charge in [0.05, 0.1) is 18.1 Å². The van der Waals surface area contributed by atoms with Crippen LogP contribution in [-0.2, 0) is 14.6 Å². The third kappa shape index (κ3) is 4.79. The van der Waals surface area contributed by atoms with Crippen LogP contribution in [0.4, 0.5) is 0 Å². The quantitative estimate of drug-likeness (QED) is 0.746. The first-order valence-electron chi connectivity index (χ1n) is 5.14. The predicted molar refractivity (Wildman–Crippen MR) is 63.6 cm³/mol. The first-order valence-corrected chi connectivity index (χ1v) is 7.37. The van der Waals surface area contributed by atoms with Gasteiger partial charge in [-0.25, -0.2) is 8.42 Å². The van der Waals surface area contributed by atoms with Crippen molar-refractivity contribution in [1.82, 2.24) is 5.32 Å². The second kappa shape index (κ2) is 5.65. The molecule has 0 bridgehead atoms. The molecule has 0 radical (unpaired) electrons. The van der Waals surface area contributed by atoms with Crippen LogP contribution >= 0.6 is 12.2 Å². The minimum atomic E-state index is -2.78. The molecular formula is C9H17NO3S2. The summed E-state index contributed by atoms with van der Waals surface area (Å²) in [7, 11) is -2.78. The van der Waals surface area contributed by atoms with Gasteiger partial charge in [-0.15, -0.1) is 0 Å². The average molecular weight is 251 g/mol. The zero-order valence-corrected chi connectivity index (χ0v) is 10.5. The predicted octanol–water partition coefficient (Wildman–Crippen LogP) is 0.722. The molecule has 0 aliphatic carbocycles. The topological polar surface area (TPSA) is 55.4 Å². The molecule has 1 heterocycles. The number of nitrogens with one attached hydrogen (secondary N) is 1. The molecule has 1 aliphatic rings. The Morgan fingerprint density at radius 2 is 2.33 bits per heavy atom. The van der Waals surface area contributed by atoms with Gasteiger partial charge in [0.25, 0.3) is 5.17 Å². The zero-order chi connectivity index (χ0) is 11.3. The van der Waals surface area contributed by atoms with E-state index in [0.717, 1.165) is 12.8 Å². The van der Waals surface area contributed by atoms with Gasteiger partial charge in [0.15, 0.2) is 9.84 Å². The fourth-order valence-corrected chi connectivity index (χ4v) is 3.53. The molecule has 0 unspecified atom stereocenters. The van der Waals surface area contributed by atoms with Crippen molar-refractivity contribution in [3.63, 3.8) is 0 Å². The van der Waals surface area contributed by atoms with Crippen molar-refractivity contribution >= 4 is 27.2 Å². The largest absolute Gasteiger partial charge is 0.471 e. The maximum absolute atomic E-state index is 11.2. The van der Waals surface area contributed by atoms with Crippen LogP contribution in [0, 0.1) is 5.92 Å². The number of sulfone groups is 1. The Kier molecular flexibility index (Phi) is 4.79. The Morgan fingerprint density at radius 3 is 2.87 bits per heavy atom. The third-order valence-electron chi connectivity index (χ3n) is 2.30. The van der Waals surface area contributed by atoms with Crippen molar-refractivity contribution in [1.29, 1.82) is 0 Å². The maximum atomic E-state index is 11.2. The van der Waals surface area contributed by atoms with Crippen LogP contribution in [0.15, 0.2) is 0 Å². The Morgan fingerprint density at radius 1 is 1.60 bits per heavy atom. The number of thiocarbonyl (C=S) groups is 1. The molecule has 0 saturated carbocycles. The summed E-state index contributed by atoms with van der Waals surface area (Å²) in [6.07, 6.45) is 1.64.